The van der Waals surface area contributed by atoms with E-state index in [2.05, 4.69) is 57.4 Å². The third kappa shape index (κ3) is 2.81. The first kappa shape index (κ1) is 14.1. The SMILES string of the molecule is CC(C)n1c(CC(N)C(C)(C)C)nc2ccccc21. The van der Waals surface area contributed by atoms with Crippen molar-refractivity contribution in [1.29, 1.82) is 0 Å². The number of imidazole rings is 1. The molecule has 2 N–H and O–H groups in total. The predicted molar refractivity (Wildman–Crippen MR) is 81.3 cm³/mol. The first-order valence-corrected chi connectivity index (χ1v) is 7.02. The maximum absolute atomic E-state index is 6.32. The van der Waals surface area contributed by atoms with E-state index in [1.54, 1.807) is 0 Å². The van der Waals surface area contributed by atoms with Crippen LogP contribution in [0.2, 0.25) is 0 Å². The lowest BCUT2D eigenvalue weighted by Crippen LogP contribution is -2.37. The van der Waals surface area contributed by atoms with Crippen LogP contribution in [0.3, 0.4) is 0 Å². The molecule has 0 radical (unpaired) electrons. The Kier molecular flexibility index (Phi) is 3.68. The van der Waals surface area contributed by atoms with Crippen LogP contribution >= 0.6 is 0 Å². The van der Waals surface area contributed by atoms with E-state index in [0.29, 0.717) is 6.04 Å². The van der Waals surface area contributed by atoms with Gasteiger partial charge in [0, 0.05) is 18.5 Å². The van der Waals surface area contributed by atoms with E-state index >= 15 is 0 Å². The molecule has 1 atom stereocenters. The summed E-state index contributed by atoms with van der Waals surface area (Å²) in [5.41, 5.74) is 8.68. The van der Waals surface area contributed by atoms with Crippen molar-refractivity contribution in [1.82, 2.24) is 9.55 Å². The largest absolute Gasteiger partial charge is 0.327 e. The summed E-state index contributed by atoms with van der Waals surface area (Å²) in [5.74, 6) is 1.10. The van der Waals surface area contributed by atoms with Gasteiger partial charge in [-0.05, 0) is 31.4 Å². The highest BCUT2D eigenvalue weighted by Gasteiger charge is 2.24. The van der Waals surface area contributed by atoms with Gasteiger partial charge in [0.25, 0.3) is 0 Å². The zero-order valence-corrected chi connectivity index (χ0v) is 12.6. The molecule has 19 heavy (non-hydrogen) atoms. The molecule has 0 aliphatic rings. The number of rotatable bonds is 3. The number of aromatic nitrogens is 2. The summed E-state index contributed by atoms with van der Waals surface area (Å²) >= 11 is 0. The standard InChI is InChI=1S/C16H25N3/c1-11(2)19-13-9-7-6-8-12(13)18-15(19)10-14(17)16(3,4)5/h6-9,11,14H,10,17H2,1-5H3. The summed E-state index contributed by atoms with van der Waals surface area (Å²) in [4.78, 5) is 4.77. The third-order valence-electron chi connectivity index (χ3n) is 3.70. The van der Waals surface area contributed by atoms with Gasteiger partial charge in [0.15, 0.2) is 0 Å². The van der Waals surface area contributed by atoms with Crippen molar-refractivity contribution in [2.45, 2.75) is 53.1 Å². The Hall–Kier alpha value is -1.35. The smallest absolute Gasteiger partial charge is 0.111 e. The Bertz CT molecular complexity index is 561. The monoisotopic (exact) mass is 259 g/mol. The second kappa shape index (κ2) is 4.97. The van der Waals surface area contributed by atoms with Crippen molar-refractivity contribution < 1.29 is 0 Å². The summed E-state index contributed by atoms with van der Waals surface area (Å²) in [6.07, 6.45) is 0.816. The van der Waals surface area contributed by atoms with Gasteiger partial charge >= 0.3 is 0 Å². The molecule has 3 nitrogen and oxygen atoms in total. The normalized spacial score (nSPS) is 14.3. The van der Waals surface area contributed by atoms with Crippen LogP contribution in [0, 0.1) is 5.41 Å². The summed E-state index contributed by atoms with van der Waals surface area (Å²) in [7, 11) is 0. The van der Waals surface area contributed by atoms with E-state index in [-0.39, 0.29) is 11.5 Å². The molecular formula is C16H25N3. The summed E-state index contributed by atoms with van der Waals surface area (Å²) < 4.78 is 2.31. The van der Waals surface area contributed by atoms with Gasteiger partial charge in [-0.25, -0.2) is 4.98 Å². The number of hydrogen-bond donors (Lipinski definition) is 1. The second-order valence-corrected chi connectivity index (χ2v) is 6.66. The van der Waals surface area contributed by atoms with Gasteiger partial charge in [0.05, 0.1) is 11.0 Å². The van der Waals surface area contributed by atoms with Gasteiger partial charge in [-0.1, -0.05) is 32.9 Å². The number of benzene rings is 1. The van der Waals surface area contributed by atoms with Gasteiger partial charge in [0.2, 0.25) is 0 Å². The third-order valence-corrected chi connectivity index (χ3v) is 3.70. The number of para-hydroxylation sites is 2. The maximum atomic E-state index is 6.32. The molecule has 104 valence electrons. The highest BCUT2D eigenvalue weighted by atomic mass is 15.1. The molecule has 0 aliphatic heterocycles. The van der Waals surface area contributed by atoms with Crippen LogP contribution < -0.4 is 5.73 Å². The van der Waals surface area contributed by atoms with Crippen LogP contribution in [0.1, 0.15) is 46.5 Å². The van der Waals surface area contributed by atoms with Crippen molar-refractivity contribution in [3.05, 3.63) is 30.1 Å². The Morgan fingerprint density at radius 3 is 2.42 bits per heavy atom. The zero-order chi connectivity index (χ0) is 14.2. The first-order valence-electron chi connectivity index (χ1n) is 7.02. The molecule has 0 saturated carbocycles. The van der Waals surface area contributed by atoms with Gasteiger partial charge in [-0.2, -0.15) is 0 Å². The molecule has 2 rings (SSSR count). The Balaban J connectivity index is 2.45. The van der Waals surface area contributed by atoms with E-state index in [1.807, 2.05) is 6.07 Å². The molecule has 3 heteroatoms. The fraction of sp³-hybridized carbons (Fsp3) is 0.562. The molecule has 1 heterocycles. The van der Waals surface area contributed by atoms with Gasteiger partial charge in [0.1, 0.15) is 5.82 Å². The molecule has 1 unspecified atom stereocenters. The average Bonchev–Trinajstić information content (AvgIpc) is 2.65. The van der Waals surface area contributed by atoms with Crippen LogP contribution in [-0.2, 0) is 6.42 Å². The lowest BCUT2D eigenvalue weighted by molar-refractivity contribution is 0.311. The summed E-state index contributed by atoms with van der Waals surface area (Å²) in [6.45, 7) is 10.9. The van der Waals surface area contributed by atoms with Gasteiger partial charge in [-0.3, -0.25) is 0 Å². The van der Waals surface area contributed by atoms with Crippen molar-refractivity contribution in [2.24, 2.45) is 11.1 Å². The highest BCUT2D eigenvalue weighted by molar-refractivity contribution is 5.76. The molecule has 0 spiro atoms. The van der Waals surface area contributed by atoms with Crippen molar-refractivity contribution in [3.8, 4) is 0 Å². The Morgan fingerprint density at radius 2 is 1.84 bits per heavy atom. The van der Waals surface area contributed by atoms with Crippen molar-refractivity contribution >= 4 is 11.0 Å². The van der Waals surface area contributed by atoms with E-state index in [1.165, 1.54) is 5.52 Å². The molecule has 0 fully saturated rings. The summed E-state index contributed by atoms with van der Waals surface area (Å²) in [6, 6.07) is 8.81. The molecule has 0 amide bonds. The predicted octanol–water partition coefficient (Wildman–Crippen LogP) is 3.53. The van der Waals surface area contributed by atoms with E-state index in [4.69, 9.17) is 10.7 Å². The van der Waals surface area contributed by atoms with Crippen molar-refractivity contribution in [2.75, 3.05) is 0 Å². The van der Waals surface area contributed by atoms with Crippen LogP contribution in [-0.4, -0.2) is 15.6 Å². The number of fused-ring (bicyclic) bond motifs is 1. The minimum absolute atomic E-state index is 0.0972. The van der Waals surface area contributed by atoms with Crippen LogP contribution in [0.4, 0.5) is 0 Å². The lowest BCUT2D eigenvalue weighted by atomic mass is 9.85. The quantitative estimate of drug-likeness (QED) is 0.916. The number of nitrogens with two attached hydrogens (primary N) is 1. The fourth-order valence-electron chi connectivity index (χ4n) is 2.32. The first-order chi connectivity index (χ1) is 8.80. The highest BCUT2D eigenvalue weighted by Crippen LogP contribution is 2.25. The van der Waals surface area contributed by atoms with Gasteiger partial charge < -0.3 is 10.3 Å². The molecular weight excluding hydrogens is 234 g/mol. The van der Waals surface area contributed by atoms with Gasteiger partial charge in [-0.15, -0.1) is 0 Å². The second-order valence-electron chi connectivity index (χ2n) is 6.66. The molecule has 0 bridgehead atoms. The molecule has 1 aromatic carbocycles. The number of nitrogens with zero attached hydrogens (tertiary/aromatic N) is 2. The Morgan fingerprint density at radius 1 is 1.21 bits per heavy atom. The van der Waals surface area contributed by atoms with Crippen LogP contribution in [0.15, 0.2) is 24.3 Å². The van der Waals surface area contributed by atoms with E-state index in [9.17, 15) is 0 Å². The molecule has 1 aromatic heterocycles. The minimum Gasteiger partial charge on any atom is -0.327 e. The maximum Gasteiger partial charge on any atom is 0.111 e. The minimum atomic E-state index is 0.0972. The van der Waals surface area contributed by atoms with E-state index in [0.717, 1.165) is 17.8 Å². The average molecular weight is 259 g/mol. The molecule has 2 aromatic rings. The van der Waals surface area contributed by atoms with E-state index < -0.39 is 0 Å². The number of hydrogen-bond acceptors (Lipinski definition) is 2. The zero-order valence-electron chi connectivity index (χ0n) is 12.6. The van der Waals surface area contributed by atoms with Crippen LogP contribution in [0.25, 0.3) is 11.0 Å². The topological polar surface area (TPSA) is 43.8 Å². The Labute approximate surface area is 115 Å². The van der Waals surface area contributed by atoms with Crippen LogP contribution in [0.5, 0.6) is 0 Å². The summed E-state index contributed by atoms with van der Waals surface area (Å²) in [5, 5.41) is 0. The van der Waals surface area contributed by atoms with Crippen molar-refractivity contribution in [3.63, 3.8) is 0 Å². The fourth-order valence-corrected chi connectivity index (χ4v) is 2.32. The molecule has 0 saturated heterocycles. The lowest BCUT2D eigenvalue weighted by Gasteiger charge is -2.27. The molecule has 0 aliphatic carbocycles.